The Balaban J connectivity index is 1.94. The molecule has 2 aromatic rings. The standard InChI is InChI=1S/C22H29NO2/c1-6-20(21(24)23-15-17-9-7-16(2)8-10-17)25-19-13-11-18(12-14-19)22(3,4)5/h7-14,20H,6,15H2,1-5H3,(H,23,24)/t20-/m1/s1. The Morgan fingerprint density at radius 3 is 2.16 bits per heavy atom. The van der Waals surface area contributed by atoms with Crippen molar-refractivity contribution < 1.29 is 9.53 Å². The highest BCUT2D eigenvalue weighted by Crippen LogP contribution is 2.24. The van der Waals surface area contributed by atoms with Crippen LogP contribution in [0.5, 0.6) is 5.75 Å². The summed E-state index contributed by atoms with van der Waals surface area (Å²) in [4.78, 5) is 12.4. The van der Waals surface area contributed by atoms with E-state index in [1.54, 1.807) is 0 Å². The third-order valence-corrected chi connectivity index (χ3v) is 4.25. The molecule has 25 heavy (non-hydrogen) atoms. The van der Waals surface area contributed by atoms with Gasteiger partial charge in [0, 0.05) is 6.54 Å². The van der Waals surface area contributed by atoms with Crippen molar-refractivity contribution in [2.75, 3.05) is 0 Å². The highest BCUT2D eigenvalue weighted by Gasteiger charge is 2.19. The highest BCUT2D eigenvalue weighted by molar-refractivity contribution is 5.81. The maximum Gasteiger partial charge on any atom is 0.261 e. The van der Waals surface area contributed by atoms with Crippen molar-refractivity contribution in [1.82, 2.24) is 5.32 Å². The minimum Gasteiger partial charge on any atom is -0.481 e. The van der Waals surface area contributed by atoms with Gasteiger partial charge in [0.2, 0.25) is 0 Å². The molecule has 0 saturated carbocycles. The molecule has 0 unspecified atom stereocenters. The summed E-state index contributed by atoms with van der Waals surface area (Å²) in [5, 5.41) is 2.96. The molecule has 0 aliphatic rings. The average molecular weight is 339 g/mol. The number of rotatable bonds is 6. The van der Waals surface area contributed by atoms with Crippen molar-refractivity contribution in [2.24, 2.45) is 0 Å². The van der Waals surface area contributed by atoms with Crippen LogP contribution in [0.25, 0.3) is 0 Å². The second-order valence-corrected chi connectivity index (χ2v) is 7.49. The molecule has 1 N–H and O–H groups in total. The van der Waals surface area contributed by atoms with Gasteiger partial charge >= 0.3 is 0 Å². The molecule has 0 spiro atoms. The molecule has 0 aromatic heterocycles. The second-order valence-electron chi connectivity index (χ2n) is 7.49. The molecule has 1 amide bonds. The van der Waals surface area contributed by atoms with Crippen molar-refractivity contribution in [3.05, 3.63) is 65.2 Å². The van der Waals surface area contributed by atoms with Crippen molar-refractivity contribution in [3.63, 3.8) is 0 Å². The minimum atomic E-state index is -0.481. The van der Waals surface area contributed by atoms with E-state index in [1.807, 2.05) is 50.2 Å². The first kappa shape index (κ1) is 19.0. The van der Waals surface area contributed by atoms with Crippen LogP contribution in [-0.2, 0) is 16.8 Å². The van der Waals surface area contributed by atoms with E-state index < -0.39 is 6.10 Å². The molecule has 0 heterocycles. The first-order chi connectivity index (χ1) is 11.8. The van der Waals surface area contributed by atoms with Gasteiger partial charge in [0.1, 0.15) is 5.75 Å². The number of ether oxygens (including phenoxy) is 1. The molecule has 2 aromatic carbocycles. The van der Waals surface area contributed by atoms with Gasteiger partial charge in [-0.05, 0) is 42.0 Å². The van der Waals surface area contributed by atoms with Gasteiger partial charge in [-0.25, -0.2) is 0 Å². The van der Waals surface area contributed by atoms with Crippen LogP contribution in [0.1, 0.15) is 50.8 Å². The van der Waals surface area contributed by atoms with E-state index in [4.69, 9.17) is 4.74 Å². The molecule has 0 bridgehead atoms. The van der Waals surface area contributed by atoms with E-state index in [-0.39, 0.29) is 11.3 Å². The van der Waals surface area contributed by atoms with Crippen LogP contribution in [0.4, 0.5) is 0 Å². The minimum absolute atomic E-state index is 0.0806. The molecule has 3 heteroatoms. The molecule has 3 nitrogen and oxygen atoms in total. The van der Waals surface area contributed by atoms with Gasteiger partial charge in [0.15, 0.2) is 6.10 Å². The molecule has 0 fully saturated rings. The van der Waals surface area contributed by atoms with E-state index in [0.717, 1.165) is 11.3 Å². The first-order valence-electron chi connectivity index (χ1n) is 8.90. The van der Waals surface area contributed by atoms with Crippen molar-refractivity contribution in [1.29, 1.82) is 0 Å². The Kier molecular flexibility index (Phi) is 6.24. The predicted octanol–water partition coefficient (Wildman–Crippen LogP) is 4.77. The predicted molar refractivity (Wildman–Crippen MR) is 103 cm³/mol. The number of carbonyl (C=O) groups is 1. The zero-order valence-electron chi connectivity index (χ0n) is 15.9. The normalized spacial score (nSPS) is 12.5. The van der Waals surface area contributed by atoms with Gasteiger partial charge in [0.05, 0.1) is 0 Å². The summed E-state index contributed by atoms with van der Waals surface area (Å²) >= 11 is 0. The lowest BCUT2D eigenvalue weighted by Crippen LogP contribution is -2.37. The SMILES string of the molecule is CC[C@@H](Oc1ccc(C(C)(C)C)cc1)C(=O)NCc1ccc(C)cc1. The van der Waals surface area contributed by atoms with E-state index in [9.17, 15) is 4.79 Å². The summed E-state index contributed by atoms with van der Waals surface area (Å²) in [7, 11) is 0. The maximum absolute atomic E-state index is 12.4. The zero-order valence-corrected chi connectivity index (χ0v) is 15.9. The van der Waals surface area contributed by atoms with Crippen LogP contribution >= 0.6 is 0 Å². The summed E-state index contributed by atoms with van der Waals surface area (Å²) in [5.74, 6) is 0.647. The van der Waals surface area contributed by atoms with Gasteiger partial charge in [-0.15, -0.1) is 0 Å². The maximum atomic E-state index is 12.4. The van der Waals surface area contributed by atoms with Crippen LogP contribution in [0.15, 0.2) is 48.5 Å². The van der Waals surface area contributed by atoms with Crippen LogP contribution in [0, 0.1) is 6.92 Å². The molecule has 134 valence electrons. The Bertz CT molecular complexity index is 681. The Labute approximate surface area is 151 Å². The monoisotopic (exact) mass is 339 g/mol. The lowest BCUT2D eigenvalue weighted by Gasteiger charge is -2.21. The summed E-state index contributed by atoms with van der Waals surface area (Å²) in [6, 6.07) is 16.2. The molecule has 0 radical (unpaired) electrons. The third kappa shape index (κ3) is 5.63. The largest absolute Gasteiger partial charge is 0.481 e. The smallest absolute Gasteiger partial charge is 0.261 e. The van der Waals surface area contributed by atoms with Crippen molar-refractivity contribution in [2.45, 2.75) is 59.1 Å². The van der Waals surface area contributed by atoms with Gasteiger partial charge in [-0.2, -0.15) is 0 Å². The molecule has 0 aliphatic heterocycles. The Morgan fingerprint density at radius 1 is 1.04 bits per heavy atom. The molecule has 1 atom stereocenters. The number of aryl methyl sites for hydroxylation is 1. The van der Waals surface area contributed by atoms with Gasteiger partial charge < -0.3 is 10.1 Å². The average Bonchev–Trinajstić information content (AvgIpc) is 2.58. The van der Waals surface area contributed by atoms with E-state index in [1.165, 1.54) is 11.1 Å². The molecule has 2 rings (SSSR count). The Morgan fingerprint density at radius 2 is 1.64 bits per heavy atom. The third-order valence-electron chi connectivity index (χ3n) is 4.25. The summed E-state index contributed by atoms with van der Waals surface area (Å²) < 4.78 is 5.89. The first-order valence-corrected chi connectivity index (χ1v) is 8.90. The lowest BCUT2D eigenvalue weighted by atomic mass is 9.87. The van der Waals surface area contributed by atoms with Crippen molar-refractivity contribution >= 4 is 5.91 Å². The fourth-order valence-electron chi connectivity index (χ4n) is 2.53. The summed E-state index contributed by atoms with van der Waals surface area (Å²) in [5.41, 5.74) is 3.65. The molecule has 0 saturated heterocycles. The van der Waals surface area contributed by atoms with Crippen LogP contribution in [0.3, 0.4) is 0 Å². The fourth-order valence-corrected chi connectivity index (χ4v) is 2.53. The van der Waals surface area contributed by atoms with Crippen molar-refractivity contribution in [3.8, 4) is 5.75 Å². The topological polar surface area (TPSA) is 38.3 Å². The number of hydrogen-bond acceptors (Lipinski definition) is 2. The second kappa shape index (κ2) is 8.19. The van der Waals surface area contributed by atoms with Gasteiger partial charge in [-0.3, -0.25) is 4.79 Å². The number of amides is 1. The number of carbonyl (C=O) groups excluding carboxylic acids is 1. The number of benzene rings is 2. The van der Waals surface area contributed by atoms with Crippen LogP contribution < -0.4 is 10.1 Å². The number of hydrogen-bond donors (Lipinski definition) is 1. The zero-order chi connectivity index (χ0) is 18.4. The number of nitrogens with one attached hydrogen (secondary N) is 1. The fraction of sp³-hybridized carbons (Fsp3) is 0.409. The molecular weight excluding hydrogens is 310 g/mol. The molecular formula is C22H29NO2. The van der Waals surface area contributed by atoms with Crippen LogP contribution in [-0.4, -0.2) is 12.0 Å². The quantitative estimate of drug-likeness (QED) is 0.823. The lowest BCUT2D eigenvalue weighted by molar-refractivity contribution is -0.128. The Hall–Kier alpha value is -2.29. The summed E-state index contributed by atoms with van der Waals surface area (Å²) in [6.45, 7) is 11.1. The van der Waals surface area contributed by atoms with Crippen LogP contribution in [0.2, 0.25) is 0 Å². The summed E-state index contributed by atoms with van der Waals surface area (Å²) in [6.07, 6.45) is 0.145. The van der Waals surface area contributed by atoms with E-state index in [0.29, 0.717) is 13.0 Å². The van der Waals surface area contributed by atoms with E-state index in [2.05, 4.69) is 38.2 Å². The van der Waals surface area contributed by atoms with E-state index >= 15 is 0 Å². The highest BCUT2D eigenvalue weighted by atomic mass is 16.5. The van der Waals surface area contributed by atoms with Gasteiger partial charge in [0.25, 0.3) is 5.91 Å². The van der Waals surface area contributed by atoms with Gasteiger partial charge in [-0.1, -0.05) is 69.7 Å². The molecule has 0 aliphatic carbocycles.